The number of nitrogens with zero attached hydrogens (tertiary/aromatic N) is 1. The number of amides is 2. The minimum Gasteiger partial charge on any atom is -0.377 e. The highest BCUT2D eigenvalue weighted by atomic mass is 32.2. The summed E-state index contributed by atoms with van der Waals surface area (Å²) >= 11 is 0. The molecule has 1 heterocycles. The van der Waals surface area contributed by atoms with Gasteiger partial charge in [0, 0.05) is 19.3 Å². The summed E-state index contributed by atoms with van der Waals surface area (Å²) < 4.78 is 28.0. The molecule has 1 aromatic carbocycles. The summed E-state index contributed by atoms with van der Waals surface area (Å²) in [6.45, 7) is 4.00. The number of carbonyl (C=O) groups is 1. The van der Waals surface area contributed by atoms with E-state index in [1.165, 1.54) is 6.26 Å². The Kier molecular flexibility index (Phi) is 4.84. The number of carbonyl (C=O) groups excluding carboxylic acids is 1. The SMILES string of the molecule is CC1COCCN1C(=O)NCc1ccc(S(C)(=O)=O)cc1. The van der Waals surface area contributed by atoms with Gasteiger partial charge in [0.1, 0.15) is 0 Å². The van der Waals surface area contributed by atoms with E-state index in [0.29, 0.717) is 26.3 Å². The smallest absolute Gasteiger partial charge is 0.318 e. The van der Waals surface area contributed by atoms with Gasteiger partial charge in [0.05, 0.1) is 24.2 Å². The van der Waals surface area contributed by atoms with Gasteiger partial charge >= 0.3 is 6.03 Å². The number of sulfone groups is 1. The summed E-state index contributed by atoms with van der Waals surface area (Å²) in [6.07, 6.45) is 1.17. The van der Waals surface area contributed by atoms with Crippen LogP contribution in [0.5, 0.6) is 0 Å². The zero-order chi connectivity index (χ0) is 15.5. The van der Waals surface area contributed by atoms with E-state index in [0.717, 1.165) is 5.56 Å². The normalized spacial score (nSPS) is 19.3. The lowest BCUT2D eigenvalue weighted by molar-refractivity contribution is 0.0190. The van der Waals surface area contributed by atoms with Gasteiger partial charge in [0.2, 0.25) is 0 Å². The molecule has 2 amide bonds. The molecule has 7 heteroatoms. The van der Waals surface area contributed by atoms with E-state index in [-0.39, 0.29) is 17.0 Å². The van der Waals surface area contributed by atoms with Gasteiger partial charge in [-0.05, 0) is 24.6 Å². The van der Waals surface area contributed by atoms with Crippen molar-refractivity contribution in [2.24, 2.45) is 0 Å². The number of benzene rings is 1. The zero-order valence-electron chi connectivity index (χ0n) is 12.2. The van der Waals surface area contributed by atoms with Crippen molar-refractivity contribution in [2.75, 3.05) is 26.0 Å². The molecular weight excluding hydrogens is 292 g/mol. The number of rotatable bonds is 3. The second-order valence-electron chi connectivity index (χ2n) is 5.19. The quantitative estimate of drug-likeness (QED) is 0.904. The molecule has 0 aromatic heterocycles. The number of morpholine rings is 1. The van der Waals surface area contributed by atoms with E-state index < -0.39 is 9.84 Å². The van der Waals surface area contributed by atoms with Crippen molar-refractivity contribution in [3.8, 4) is 0 Å². The average molecular weight is 312 g/mol. The Morgan fingerprint density at radius 3 is 2.62 bits per heavy atom. The Balaban J connectivity index is 1.92. The van der Waals surface area contributed by atoms with Crippen LogP contribution >= 0.6 is 0 Å². The number of hydrogen-bond donors (Lipinski definition) is 1. The van der Waals surface area contributed by atoms with Crippen LogP contribution < -0.4 is 5.32 Å². The van der Waals surface area contributed by atoms with Gasteiger partial charge in [-0.1, -0.05) is 12.1 Å². The summed E-state index contributed by atoms with van der Waals surface area (Å²) in [5.74, 6) is 0. The van der Waals surface area contributed by atoms with Gasteiger partial charge in [-0.2, -0.15) is 0 Å². The summed E-state index contributed by atoms with van der Waals surface area (Å²) in [5, 5.41) is 2.84. The number of nitrogens with one attached hydrogen (secondary N) is 1. The summed E-state index contributed by atoms with van der Waals surface area (Å²) in [4.78, 5) is 14.1. The summed E-state index contributed by atoms with van der Waals surface area (Å²) in [6, 6.07) is 6.45. The molecule has 6 nitrogen and oxygen atoms in total. The first-order chi connectivity index (χ1) is 9.88. The molecule has 1 atom stereocenters. The van der Waals surface area contributed by atoms with Crippen molar-refractivity contribution >= 4 is 15.9 Å². The van der Waals surface area contributed by atoms with Crippen molar-refractivity contribution in [2.45, 2.75) is 24.4 Å². The van der Waals surface area contributed by atoms with Crippen molar-refractivity contribution in [3.63, 3.8) is 0 Å². The Bertz CT molecular complexity index is 598. The molecule has 1 N–H and O–H groups in total. The van der Waals surface area contributed by atoms with Crippen molar-refractivity contribution in [1.82, 2.24) is 10.2 Å². The highest BCUT2D eigenvalue weighted by Crippen LogP contribution is 2.11. The molecule has 1 fully saturated rings. The third kappa shape index (κ3) is 4.18. The van der Waals surface area contributed by atoms with Crippen molar-refractivity contribution in [3.05, 3.63) is 29.8 Å². The minimum atomic E-state index is -3.18. The average Bonchev–Trinajstić information content (AvgIpc) is 2.45. The topological polar surface area (TPSA) is 75.7 Å². The fourth-order valence-electron chi connectivity index (χ4n) is 2.16. The molecule has 21 heavy (non-hydrogen) atoms. The molecule has 0 aliphatic carbocycles. The maximum absolute atomic E-state index is 12.1. The molecule has 1 unspecified atom stereocenters. The lowest BCUT2D eigenvalue weighted by Crippen LogP contribution is -2.51. The molecule has 1 aromatic rings. The van der Waals surface area contributed by atoms with Gasteiger partial charge < -0.3 is 15.0 Å². The number of hydrogen-bond acceptors (Lipinski definition) is 4. The van der Waals surface area contributed by atoms with Gasteiger partial charge in [-0.15, -0.1) is 0 Å². The van der Waals surface area contributed by atoms with Crippen LogP contribution in [-0.2, 0) is 21.1 Å². The number of ether oxygens (including phenoxy) is 1. The van der Waals surface area contributed by atoms with Crippen LogP contribution in [-0.4, -0.2) is 51.4 Å². The van der Waals surface area contributed by atoms with E-state index in [4.69, 9.17) is 4.74 Å². The molecule has 1 aliphatic heterocycles. The molecule has 1 saturated heterocycles. The summed E-state index contributed by atoms with van der Waals surface area (Å²) in [5.41, 5.74) is 0.858. The van der Waals surface area contributed by atoms with Gasteiger partial charge in [0.25, 0.3) is 0 Å². The lowest BCUT2D eigenvalue weighted by atomic mass is 10.2. The number of urea groups is 1. The Labute approximate surface area is 125 Å². The molecule has 116 valence electrons. The predicted octanol–water partition coefficient (Wildman–Crippen LogP) is 1.02. The van der Waals surface area contributed by atoms with Crippen LogP contribution in [0.2, 0.25) is 0 Å². The van der Waals surface area contributed by atoms with E-state index >= 15 is 0 Å². The summed E-state index contributed by atoms with van der Waals surface area (Å²) in [7, 11) is -3.18. The Hall–Kier alpha value is -1.60. The van der Waals surface area contributed by atoms with Crippen LogP contribution in [0.15, 0.2) is 29.2 Å². The van der Waals surface area contributed by atoms with Crippen molar-refractivity contribution < 1.29 is 17.9 Å². The first kappa shape index (κ1) is 15.8. The van der Waals surface area contributed by atoms with Crippen molar-refractivity contribution in [1.29, 1.82) is 0 Å². The van der Waals surface area contributed by atoms with Crippen LogP contribution in [0.3, 0.4) is 0 Å². The Morgan fingerprint density at radius 2 is 2.05 bits per heavy atom. The minimum absolute atomic E-state index is 0.0614. The fraction of sp³-hybridized carbons (Fsp3) is 0.500. The van der Waals surface area contributed by atoms with Crippen LogP contribution in [0, 0.1) is 0 Å². The zero-order valence-corrected chi connectivity index (χ0v) is 13.0. The fourth-order valence-corrected chi connectivity index (χ4v) is 2.79. The molecule has 0 radical (unpaired) electrons. The highest BCUT2D eigenvalue weighted by Gasteiger charge is 2.23. The van der Waals surface area contributed by atoms with E-state index in [1.807, 2.05) is 6.92 Å². The molecule has 1 aliphatic rings. The van der Waals surface area contributed by atoms with Crippen LogP contribution in [0.4, 0.5) is 4.79 Å². The highest BCUT2D eigenvalue weighted by molar-refractivity contribution is 7.90. The third-order valence-electron chi connectivity index (χ3n) is 3.42. The monoisotopic (exact) mass is 312 g/mol. The Morgan fingerprint density at radius 1 is 1.38 bits per heavy atom. The lowest BCUT2D eigenvalue weighted by Gasteiger charge is -2.33. The maximum atomic E-state index is 12.1. The largest absolute Gasteiger partial charge is 0.377 e. The molecule has 0 spiro atoms. The predicted molar refractivity (Wildman–Crippen MR) is 78.8 cm³/mol. The van der Waals surface area contributed by atoms with Gasteiger partial charge in [0.15, 0.2) is 9.84 Å². The first-order valence-electron chi connectivity index (χ1n) is 6.79. The maximum Gasteiger partial charge on any atom is 0.318 e. The van der Waals surface area contributed by atoms with Gasteiger partial charge in [-0.25, -0.2) is 13.2 Å². The molecule has 0 bridgehead atoms. The molecule has 0 saturated carbocycles. The molecular formula is C14H20N2O4S. The van der Waals surface area contributed by atoms with E-state index in [1.54, 1.807) is 29.2 Å². The first-order valence-corrected chi connectivity index (χ1v) is 8.68. The second-order valence-corrected chi connectivity index (χ2v) is 7.21. The second kappa shape index (κ2) is 6.44. The van der Waals surface area contributed by atoms with E-state index in [9.17, 15) is 13.2 Å². The van der Waals surface area contributed by atoms with E-state index in [2.05, 4.69) is 5.32 Å². The van der Waals surface area contributed by atoms with Crippen LogP contribution in [0.25, 0.3) is 0 Å². The molecule has 2 rings (SSSR count). The standard InChI is InChI=1S/C14H20N2O4S/c1-11-10-20-8-7-16(11)14(17)15-9-12-3-5-13(6-4-12)21(2,18)19/h3-6,11H,7-10H2,1-2H3,(H,15,17). The third-order valence-corrected chi connectivity index (χ3v) is 4.55. The van der Waals surface area contributed by atoms with Crippen LogP contribution in [0.1, 0.15) is 12.5 Å². The van der Waals surface area contributed by atoms with Gasteiger partial charge in [-0.3, -0.25) is 0 Å².